The first-order chi connectivity index (χ1) is 12.8. The standard InChI is InChI=1S/C23H38O3Si/c1-9-10-23(26-27(18(2)3,19(4)5)20(6)7)16-13-21-11-14-22(15-12-21)25-17-24-8/h9-12,14-16,18-20H,13,17H2,1-8H3/b10-9+,23-16-. The molecule has 0 N–H and O–H groups in total. The Labute approximate surface area is 167 Å². The number of allylic oxidation sites excluding steroid dienone is 3. The van der Waals surface area contributed by atoms with Gasteiger partial charge in [-0.1, -0.05) is 59.8 Å². The highest BCUT2D eigenvalue weighted by Crippen LogP contribution is 2.43. The van der Waals surface area contributed by atoms with Crippen molar-refractivity contribution in [2.24, 2.45) is 0 Å². The summed E-state index contributed by atoms with van der Waals surface area (Å²) in [6, 6.07) is 8.14. The van der Waals surface area contributed by atoms with E-state index in [0.29, 0.717) is 16.6 Å². The molecule has 0 aliphatic heterocycles. The molecule has 0 saturated heterocycles. The number of hydrogen-bond donors (Lipinski definition) is 0. The van der Waals surface area contributed by atoms with Gasteiger partial charge in [-0.15, -0.1) is 0 Å². The Bertz CT molecular complexity index is 579. The van der Waals surface area contributed by atoms with Crippen LogP contribution in [0.5, 0.6) is 5.75 Å². The van der Waals surface area contributed by atoms with E-state index in [1.807, 2.05) is 19.1 Å². The van der Waals surface area contributed by atoms with Crippen molar-refractivity contribution in [3.63, 3.8) is 0 Å². The van der Waals surface area contributed by atoms with Crippen LogP contribution in [0, 0.1) is 0 Å². The monoisotopic (exact) mass is 390 g/mol. The van der Waals surface area contributed by atoms with E-state index in [0.717, 1.165) is 17.9 Å². The molecular weight excluding hydrogens is 352 g/mol. The zero-order valence-corrected chi connectivity index (χ0v) is 19.4. The van der Waals surface area contributed by atoms with Crippen LogP contribution in [0.1, 0.15) is 54.0 Å². The third-order valence-corrected chi connectivity index (χ3v) is 11.1. The first-order valence-electron chi connectivity index (χ1n) is 10.00. The van der Waals surface area contributed by atoms with Crippen LogP contribution in [0.4, 0.5) is 0 Å². The SMILES string of the molecule is C/C=C/C(=C/Cc1ccc(OCOC)cc1)O[Si](C(C)C)(C(C)C)C(C)C. The van der Waals surface area contributed by atoms with E-state index in [4.69, 9.17) is 13.9 Å². The van der Waals surface area contributed by atoms with E-state index < -0.39 is 8.32 Å². The van der Waals surface area contributed by atoms with Gasteiger partial charge in [-0.25, -0.2) is 0 Å². The van der Waals surface area contributed by atoms with E-state index in [2.05, 4.69) is 71.9 Å². The average molecular weight is 391 g/mol. The Balaban J connectivity index is 2.99. The fourth-order valence-corrected chi connectivity index (χ4v) is 9.20. The molecule has 0 aromatic heterocycles. The molecule has 1 aromatic rings. The van der Waals surface area contributed by atoms with Crippen LogP contribution < -0.4 is 4.74 Å². The molecule has 0 spiro atoms. The molecule has 27 heavy (non-hydrogen) atoms. The first kappa shape index (κ1) is 23.5. The first-order valence-corrected chi connectivity index (χ1v) is 12.1. The van der Waals surface area contributed by atoms with Crippen LogP contribution in [0.2, 0.25) is 16.6 Å². The van der Waals surface area contributed by atoms with Gasteiger partial charge in [0.05, 0.1) is 5.76 Å². The summed E-state index contributed by atoms with van der Waals surface area (Å²) in [5.74, 6) is 1.82. The molecule has 0 atom stereocenters. The van der Waals surface area contributed by atoms with Crippen LogP contribution in [-0.4, -0.2) is 22.2 Å². The minimum absolute atomic E-state index is 0.269. The smallest absolute Gasteiger partial charge is 0.258 e. The quantitative estimate of drug-likeness (QED) is 0.179. The van der Waals surface area contributed by atoms with Gasteiger partial charge in [-0.3, -0.25) is 0 Å². The topological polar surface area (TPSA) is 27.7 Å². The molecule has 1 rings (SSSR count). The lowest BCUT2D eigenvalue weighted by atomic mass is 10.1. The number of hydrogen-bond acceptors (Lipinski definition) is 3. The molecule has 0 saturated carbocycles. The molecule has 1 aromatic carbocycles. The summed E-state index contributed by atoms with van der Waals surface area (Å²) >= 11 is 0. The summed E-state index contributed by atoms with van der Waals surface area (Å²) in [5.41, 5.74) is 2.91. The molecule has 152 valence electrons. The second kappa shape index (κ2) is 11.3. The molecule has 0 aliphatic rings. The Hall–Kier alpha value is -1.52. The van der Waals surface area contributed by atoms with Crippen LogP contribution in [0.25, 0.3) is 0 Å². The molecule has 0 amide bonds. The highest BCUT2D eigenvalue weighted by Gasteiger charge is 2.47. The fourth-order valence-electron chi connectivity index (χ4n) is 3.93. The molecule has 0 fully saturated rings. The van der Waals surface area contributed by atoms with Gasteiger partial charge in [0.1, 0.15) is 5.75 Å². The number of methoxy groups -OCH3 is 1. The second-order valence-corrected chi connectivity index (χ2v) is 13.3. The normalized spacial score (nSPS) is 13.2. The predicted octanol–water partition coefficient (Wildman–Crippen LogP) is 6.86. The van der Waals surface area contributed by atoms with Gasteiger partial charge in [0.25, 0.3) is 8.32 Å². The van der Waals surface area contributed by atoms with Gasteiger partial charge in [0.15, 0.2) is 6.79 Å². The second-order valence-electron chi connectivity index (χ2n) is 7.93. The minimum Gasteiger partial charge on any atom is -0.543 e. The van der Waals surface area contributed by atoms with Gasteiger partial charge in [-0.05, 0) is 59.8 Å². The molecule has 4 heteroatoms. The summed E-state index contributed by atoms with van der Waals surface area (Å²) in [5, 5.41) is 0. The maximum absolute atomic E-state index is 6.83. The molecule has 0 heterocycles. The van der Waals surface area contributed by atoms with Gasteiger partial charge in [0, 0.05) is 7.11 Å². The Kier molecular flexibility index (Phi) is 9.89. The number of rotatable bonds is 11. The highest BCUT2D eigenvalue weighted by molar-refractivity contribution is 6.77. The van der Waals surface area contributed by atoms with E-state index in [-0.39, 0.29) is 6.79 Å². The van der Waals surface area contributed by atoms with Gasteiger partial charge in [0.2, 0.25) is 0 Å². The summed E-state index contributed by atoms with van der Waals surface area (Å²) in [6.07, 6.45) is 7.21. The van der Waals surface area contributed by atoms with Crippen LogP contribution in [0.3, 0.4) is 0 Å². The minimum atomic E-state index is -1.94. The number of ether oxygens (including phenoxy) is 2. The molecule has 0 unspecified atom stereocenters. The van der Waals surface area contributed by atoms with Crippen molar-refractivity contribution in [1.29, 1.82) is 0 Å². The lowest BCUT2D eigenvalue weighted by Crippen LogP contribution is -2.47. The van der Waals surface area contributed by atoms with Crippen LogP contribution >= 0.6 is 0 Å². The van der Waals surface area contributed by atoms with Crippen molar-refractivity contribution in [2.75, 3.05) is 13.9 Å². The Morgan fingerprint density at radius 3 is 1.96 bits per heavy atom. The lowest BCUT2D eigenvalue weighted by Gasteiger charge is -2.42. The van der Waals surface area contributed by atoms with Crippen molar-refractivity contribution in [1.82, 2.24) is 0 Å². The zero-order chi connectivity index (χ0) is 20.4. The molecule has 0 bridgehead atoms. The summed E-state index contributed by atoms with van der Waals surface area (Å²) in [7, 11) is -0.322. The number of benzene rings is 1. The lowest BCUT2D eigenvalue weighted by molar-refractivity contribution is 0.0511. The summed E-state index contributed by atoms with van der Waals surface area (Å²) < 4.78 is 17.2. The Morgan fingerprint density at radius 2 is 1.52 bits per heavy atom. The summed E-state index contributed by atoms with van der Waals surface area (Å²) in [4.78, 5) is 0. The molecule has 3 nitrogen and oxygen atoms in total. The van der Waals surface area contributed by atoms with Gasteiger partial charge in [-0.2, -0.15) is 0 Å². The molecule has 0 aliphatic carbocycles. The van der Waals surface area contributed by atoms with Crippen molar-refractivity contribution < 1.29 is 13.9 Å². The van der Waals surface area contributed by atoms with E-state index in [1.54, 1.807) is 7.11 Å². The average Bonchev–Trinajstić information content (AvgIpc) is 2.62. The largest absolute Gasteiger partial charge is 0.543 e. The Morgan fingerprint density at radius 1 is 0.963 bits per heavy atom. The maximum atomic E-state index is 6.83. The van der Waals surface area contributed by atoms with Crippen molar-refractivity contribution in [2.45, 2.75) is 71.5 Å². The fraction of sp³-hybridized carbons (Fsp3) is 0.565. The van der Waals surface area contributed by atoms with Gasteiger partial charge >= 0.3 is 0 Å². The summed E-state index contributed by atoms with van der Waals surface area (Å²) in [6.45, 7) is 16.2. The maximum Gasteiger partial charge on any atom is 0.258 e. The van der Waals surface area contributed by atoms with E-state index in [1.165, 1.54) is 5.56 Å². The molecule has 0 radical (unpaired) electrons. The van der Waals surface area contributed by atoms with Gasteiger partial charge < -0.3 is 13.9 Å². The van der Waals surface area contributed by atoms with Crippen molar-refractivity contribution >= 4 is 8.32 Å². The molecular formula is C23H38O3Si. The third-order valence-electron chi connectivity index (χ3n) is 5.14. The third kappa shape index (κ3) is 6.54. The van der Waals surface area contributed by atoms with Crippen molar-refractivity contribution in [3.8, 4) is 5.75 Å². The van der Waals surface area contributed by atoms with E-state index >= 15 is 0 Å². The zero-order valence-electron chi connectivity index (χ0n) is 18.4. The van der Waals surface area contributed by atoms with Crippen LogP contribution in [-0.2, 0) is 15.6 Å². The predicted molar refractivity (Wildman–Crippen MR) is 118 cm³/mol. The highest BCUT2D eigenvalue weighted by atomic mass is 28.4. The van der Waals surface area contributed by atoms with E-state index in [9.17, 15) is 0 Å². The van der Waals surface area contributed by atoms with Crippen LogP contribution in [0.15, 0.2) is 48.3 Å². The van der Waals surface area contributed by atoms with Crippen molar-refractivity contribution in [3.05, 3.63) is 53.8 Å².